The lowest BCUT2D eigenvalue weighted by molar-refractivity contribution is -0.171. The summed E-state index contributed by atoms with van der Waals surface area (Å²) < 4.78 is 6.29. The van der Waals surface area contributed by atoms with Gasteiger partial charge in [-0.25, -0.2) is 4.79 Å². The summed E-state index contributed by atoms with van der Waals surface area (Å²) in [5.41, 5.74) is 0.827. The number of nitrogens with zero attached hydrogens (tertiary/aromatic N) is 1. The van der Waals surface area contributed by atoms with E-state index in [-0.39, 0.29) is 12.5 Å². The van der Waals surface area contributed by atoms with E-state index < -0.39 is 18.1 Å². The summed E-state index contributed by atoms with van der Waals surface area (Å²) in [4.78, 5) is 24.7. The number of thiophene rings is 1. The molecule has 0 spiro atoms. The minimum absolute atomic E-state index is 0.188. The number of hydrogen-bond donors (Lipinski definition) is 1. The molecule has 6 heteroatoms. The van der Waals surface area contributed by atoms with Gasteiger partial charge in [-0.1, -0.05) is 18.2 Å². The Morgan fingerprint density at radius 2 is 2.20 bits per heavy atom. The molecular weight excluding hydrogens is 278 g/mol. The van der Waals surface area contributed by atoms with Gasteiger partial charge in [0.05, 0.1) is 6.04 Å². The lowest BCUT2D eigenvalue weighted by Crippen LogP contribution is -2.49. The van der Waals surface area contributed by atoms with E-state index in [2.05, 4.69) is 0 Å². The average Bonchev–Trinajstić information content (AvgIpc) is 2.85. The first-order valence-electron chi connectivity index (χ1n) is 6.16. The van der Waals surface area contributed by atoms with Crippen LogP contribution in [0.25, 0.3) is 10.1 Å². The number of carbonyl (C=O) groups excluding carboxylic acids is 1. The molecule has 0 saturated carbocycles. The predicted molar refractivity (Wildman–Crippen MR) is 74.7 cm³/mol. The first-order valence-corrected chi connectivity index (χ1v) is 7.03. The minimum atomic E-state index is -1.05. The van der Waals surface area contributed by atoms with E-state index in [1.54, 1.807) is 7.05 Å². The van der Waals surface area contributed by atoms with Gasteiger partial charge in [0.1, 0.15) is 6.61 Å². The molecule has 0 bridgehead atoms. The molecule has 3 rings (SSSR count). The van der Waals surface area contributed by atoms with Gasteiger partial charge in [0.2, 0.25) is 5.91 Å². The number of carbonyl (C=O) groups is 2. The van der Waals surface area contributed by atoms with E-state index >= 15 is 0 Å². The maximum atomic E-state index is 11.8. The summed E-state index contributed by atoms with van der Waals surface area (Å²) in [6, 6.07) is 7.16. The fraction of sp³-hybridized carbons (Fsp3) is 0.286. The van der Waals surface area contributed by atoms with Crippen LogP contribution in [0.15, 0.2) is 29.6 Å². The molecular formula is C14H13NO4S. The highest BCUT2D eigenvalue weighted by Crippen LogP contribution is 2.37. The van der Waals surface area contributed by atoms with Crippen molar-refractivity contribution in [3.63, 3.8) is 0 Å². The third-order valence-corrected chi connectivity index (χ3v) is 4.54. The van der Waals surface area contributed by atoms with Crippen LogP contribution in [0.3, 0.4) is 0 Å². The molecule has 2 atom stereocenters. The molecule has 20 heavy (non-hydrogen) atoms. The largest absolute Gasteiger partial charge is 0.479 e. The molecule has 1 aliphatic heterocycles. The van der Waals surface area contributed by atoms with Crippen LogP contribution < -0.4 is 0 Å². The maximum Gasteiger partial charge on any atom is 0.335 e. The third kappa shape index (κ3) is 1.97. The maximum absolute atomic E-state index is 11.8. The number of ether oxygens (including phenoxy) is 1. The molecule has 0 aliphatic carbocycles. The van der Waals surface area contributed by atoms with Gasteiger partial charge < -0.3 is 14.7 Å². The van der Waals surface area contributed by atoms with Crippen molar-refractivity contribution >= 4 is 33.3 Å². The van der Waals surface area contributed by atoms with Gasteiger partial charge in [-0.15, -0.1) is 11.3 Å². The Hall–Kier alpha value is -1.92. The number of benzene rings is 1. The van der Waals surface area contributed by atoms with Gasteiger partial charge in [-0.05, 0) is 22.4 Å². The van der Waals surface area contributed by atoms with Gasteiger partial charge in [0.15, 0.2) is 6.10 Å². The number of aliphatic carboxylic acids is 1. The molecule has 1 amide bonds. The highest BCUT2D eigenvalue weighted by molar-refractivity contribution is 7.17. The molecule has 104 valence electrons. The van der Waals surface area contributed by atoms with E-state index in [1.807, 2.05) is 29.6 Å². The van der Waals surface area contributed by atoms with Crippen LogP contribution in [0.1, 0.15) is 11.6 Å². The van der Waals surface area contributed by atoms with Crippen LogP contribution in [0.2, 0.25) is 0 Å². The van der Waals surface area contributed by atoms with Crippen molar-refractivity contribution in [3.8, 4) is 0 Å². The molecule has 1 aromatic carbocycles. The quantitative estimate of drug-likeness (QED) is 0.917. The Bertz CT molecular complexity index is 681. The minimum Gasteiger partial charge on any atom is -0.479 e. The van der Waals surface area contributed by atoms with Gasteiger partial charge >= 0.3 is 5.97 Å². The van der Waals surface area contributed by atoms with Crippen LogP contribution in [0.5, 0.6) is 0 Å². The second-order valence-corrected chi connectivity index (χ2v) is 5.62. The van der Waals surface area contributed by atoms with Crippen LogP contribution in [-0.4, -0.2) is 41.6 Å². The molecule has 1 N–H and O–H groups in total. The zero-order valence-corrected chi connectivity index (χ0v) is 11.6. The fourth-order valence-electron chi connectivity index (χ4n) is 2.52. The first kappa shape index (κ1) is 13.1. The highest BCUT2D eigenvalue weighted by Gasteiger charge is 2.41. The van der Waals surface area contributed by atoms with Gasteiger partial charge in [0, 0.05) is 11.7 Å². The summed E-state index contributed by atoms with van der Waals surface area (Å²) in [6.07, 6.45) is -1.03. The molecule has 5 nitrogen and oxygen atoms in total. The Kier molecular flexibility index (Phi) is 3.19. The number of carboxylic acid groups (broad SMARTS) is 1. The first-order chi connectivity index (χ1) is 9.59. The molecule has 1 saturated heterocycles. The number of carboxylic acids is 1. The zero-order chi connectivity index (χ0) is 14.3. The molecule has 1 aromatic heterocycles. The third-order valence-electron chi connectivity index (χ3n) is 3.56. The van der Waals surface area contributed by atoms with Crippen LogP contribution in [-0.2, 0) is 14.3 Å². The molecule has 1 fully saturated rings. The lowest BCUT2D eigenvalue weighted by Gasteiger charge is -2.36. The summed E-state index contributed by atoms with van der Waals surface area (Å²) in [7, 11) is 1.62. The summed E-state index contributed by atoms with van der Waals surface area (Å²) >= 11 is 1.54. The van der Waals surface area contributed by atoms with E-state index in [0.29, 0.717) is 0 Å². The molecule has 2 unspecified atom stereocenters. The van der Waals surface area contributed by atoms with Crippen molar-refractivity contribution in [3.05, 3.63) is 35.2 Å². The molecule has 1 aliphatic rings. The van der Waals surface area contributed by atoms with Crippen molar-refractivity contribution in [2.45, 2.75) is 12.1 Å². The Morgan fingerprint density at radius 3 is 2.95 bits per heavy atom. The zero-order valence-electron chi connectivity index (χ0n) is 10.8. The Balaban J connectivity index is 2.12. The normalized spacial score (nSPS) is 23.2. The van der Waals surface area contributed by atoms with Gasteiger partial charge in [-0.2, -0.15) is 0 Å². The molecule has 2 aromatic rings. The number of amides is 1. The smallest absolute Gasteiger partial charge is 0.335 e. The van der Waals surface area contributed by atoms with Gasteiger partial charge in [0.25, 0.3) is 0 Å². The number of likely N-dealkylation sites (N-methyl/N-ethyl adjacent to an activating group) is 1. The van der Waals surface area contributed by atoms with Crippen LogP contribution in [0, 0.1) is 0 Å². The second kappa shape index (κ2) is 4.88. The fourth-order valence-corrected chi connectivity index (χ4v) is 3.51. The molecule has 2 heterocycles. The van der Waals surface area contributed by atoms with Crippen molar-refractivity contribution in [2.75, 3.05) is 13.7 Å². The lowest BCUT2D eigenvalue weighted by atomic mass is 9.98. The Morgan fingerprint density at radius 1 is 1.45 bits per heavy atom. The van der Waals surface area contributed by atoms with Crippen molar-refractivity contribution in [2.24, 2.45) is 0 Å². The summed E-state index contributed by atoms with van der Waals surface area (Å²) in [6.45, 7) is -0.188. The topological polar surface area (TPSA) is 66.8 Å². The number of fused-ring (bicyclic) bond motifs is 1. The van der Waals surface area contributed by atoms with Gasteiger partial charge in [-0.3, -0.25) is 4.79 Å². The van der Waals surface area contributed by atoms with E-state index in [4.69, 9.17) is 4.74 Å². The SMILES string of the molecule is CN1C(=O)COC(C(=O)O)C1c1csc2ccccc12. The van der Waals surface area contributed by atoms with Crippen molar-refractivity contribution < 1.29 is 19.4 Å². The monoisotopic (exact) mass is 291 g/mol. The number of rotatable bonds is 2. The Labute approximate surface area is 119 Å². The highest BCUT2D eigenvalue weighted by atomic mass is 32.1. The summed E-state index contributed by atoms with van der Waals surface area (Å²) in [5, 5.41) is 12.2. The second-order valence-electron chi connectivity index (χ2n) is 4.71. The van der Waals surface area contributed by atoms with Crippen molar-refractivity contribution in [1.29, 1.82) is 0 Å². The van der Waals surface area contributed by atoms with E-state index in [1.165, 1.54) is 16.2 Å². The van der Waals surface area contributed by atoms with E-state index in [0.717, 1.165) is 15.6 Å². The molecule has 0 radical (unpaired) electrons. The van der Waals surface area contributed by atoms with Crippen molar-refractivity contribution in [1.82, 2.24) is 4.90 Å². The summed E-state index contributed by atoms with van der Waals surface area (Å²) in [5.74, 6) is -1.26. The number of hydrogen-bond acceptors (Lipinski definition) is 4. The van der Waals surface area contributed by atoms with Crippen LogP contribution in [0.4, 0.5) is 0 Å². The average molecular weight is 291 g/mol. The predicted octanol–water partition coefficient (Wildman–Crippen LogP) is 1.88. The number of morpholine rings is 1. The standard InChI is InChI=1S/C14H13NO4S/c1-15-11(16)6-19-13(14(17)18)12(15)9-7-20-10-5-3-2-4-8(9)10/h2-5,7,12-13H,6H2,1H3,(H,17,18). The van der Waals surface area contributed by atoms with Crippen LogP contribution >= 0.6 is 11.3 Å². The van der Waals surface area contributed by atoms with E-state index in [9.17, 15) is 14.7 Å².